The van der Waals surface area contributed by atoms with E-state index in [0.717, 1.165) is 11.3 Å². The zero-order valence-corrected chi connectivity index (χ0v) is 12.9. The molecule has 0 aliphatic heterocycles. The van der Waals surface area contributed by atoms with Gasteiger partial charge in [0.15, 0.2) is 5.82 Å². The minimum absolute atomic E-state index is 0.331. The fraction of sp³-hybridized carbons (Fsp3) is 0. The molecule has 0 fully saturated rings. The highest BCUT2D eigenvalue weighted by atomic mass is 32.1. The number of benzene rings is 2. The monoisotopic (exact) mass is 341 g/mol. The number of nitrogens with zero attached hydrogens (tertiary/aromatic N) is 3. The van der Waals surface area contributed by atoms with Crippen LogP contribution in [0.3, 0.4) is 0 Å². The molecule has 118 valence electrons. The lowest BCUT2D eigenvalue weighted by molar-refractivity contribution is 0.625. The lowest BCUT2D eigenvalue weighted by Gasteiger charge is -1.93. The number of rotatable bonds is 2. The van der Waals surface area contributed by atoms with Gasteiger partial charge in [0, 0.05) is 11.1 Å². The summed E-state index contributed by atoms with van der Waals surface area (Å²) in [6, 6.07) is 11.9. The van der Waals surface area contributed by atoms with Crippen molar-refractivity contribution in [1.82, 2.24) is 14.6 Å². The fourth-order valence-corrected chi connectivity index (χ4v) is 3.19. The molecule has 0 saturated carbocycles. The highest BCUT2D eigenvalue weighted by Gasteiger charge is 2.12. The summed E-state index contributed by atoms with van der Waals surface area (Å²) in [4.78, 5) is 17.1. The largest absolute Gasteiger partial charge is 0.291 e. The Balaban J connectivity index is 1.83. The molecule has 0 N–H and O–H groups in total. The van der Waals surface area contributed by atoms with Gasteiger partial charge in [-0.25, -0.2) is 8.78 Å². The van der Waals surface area contributed by atoms with Crippen LogP contribution in [-0.2, 0) is 0 Å². The van der Waals surface area contributed by atoms with Crippen LogP contribution in [0.1, 0.15) is 5.56 Å². The van der Waals surface area contributed by atoms with Crippen LogP contribution in [0.5, 0.6) is 0 Å². The first-order valence-corrected chi connectivity index (χ1v) is 7.85. The summed E-state index contributed by atoms with van der Waals surface area (Å²) in [6.45, 7) is 0. The van der Waals surface area contributed by atoms with E-state index in [9.17, 15) is 13.6 Å². The first-order valence-electron chi connectivity index (χ1n) is 7.03. The van der Waals surface area contributed by atoms with Crippen LogP contribution >= 0.6 is 11.3 Å². The highest BCUT2D eigenvalue weighted by Crippen LogP contribution is 2.17. The Morgan fingerprint density at radius 1 is 1.04 bits per heavy atom. The molecule has 0 atom stereocenters. The van der Waals surface area contributed by atoms with Gasteiger partial charge in [0.25, 0.3) is 5.56 Å². The molecule has 2 heterocycles. The van der Waals surface area contributed by atoms with Crippen LogP contribution < -0.4 is 10.1 Å². The smallest absolute Gasteiger partial charge is 0.266 e. The van der Waals surface area contributed by atoms with Crippen molar-refractivity contribution >= 4 is 22.4 Å². The summed E-state index contributed by atoms with van der Waals surface area (Å²) in [6.07, 6.45) is 1.48. The van der Waals surface area contributed by atoms with Gasteiger partial charge in [-0.2, -0.15) is 9.50 Å². The number of hydrogen-bond acceptors (Lipinski definition) is 4. The molecule has 0 amide bonds. The minimum Gasteiger partial charge on any atom is -0.266 e. The SMILES string of the molecule is O=c1/c(=C/c2ccccc2F)sc2nc(-c3ccc(F)cc3)nn12. The van der Waals surface area contributed by atoms with E-state index in [2.05, 4.69) is 10.1 Å². The molecule has 0 spiro atoms. The molecule has 0 saturated heterocycles. The van der Waals surface area contributed by atoms with E-state index >= 15 is 0 Å². The second-order valence-electron chi connectivity index (χ2n) is 5.07. The van der Waals surface area contributed by atoms with E-state index in [1.165, 1.54) is 28.8 Å². The Hall–Kier alpha value is -2.93. The van der Waals surface area contributed by atoms with Gasteiger partial charge in [0.05, 0.1) is 4.53 Å². The van der Waals surface area contributed by atoms with Crippen molar-refractivity contribution in [2.24, 2.45) is 0 Å². The Morgan fingerprint density at radius 3 is 2.50 bits per heavy atom. The molecule has 4 rings (SSSR count). The average molecular weight is 341 g/mol. The number of halogens is 2. The molecule has 4 aromatic rings. The maximum atomic E-state index is 13.7. The predicted molar refractivity (Wildman–Crippen MR) is 87.7 cm³/mol. The third-order valence-corrected chi connectivity index (χ3v) is 4.44. The van der Waals surface area contributed by atoms with E-state index in [-0.39, 0.29) is 11.4 Å². The van der Waals surface area contributed by atoms with Gasteiger partial charge in [-0.15, -0.1) is 5.10 Å². The molecular formula is C17H9F2N3OS. The molecule has 4 nitrogen and oxygen atoms in total. The van der Waals surface area contributed by atoms with Gasteiger partial charge < -0.3 is 0 Å². The van der Waals surface area contributed by atoms with Crippen molar-refractivity contribution in [3.63, 3.8) is 0 Å². The molecular weight excluding hydrogens is 332 g/mol. The first-order chi connectivity index (χ1) is 11.6. The highest BCUT2D eigenvalue weighted by molar-refractivity contribution is 7.15. The summed E-state index contributed by atoms with van der Waals surface area (Å²) in [5.41, 5.74) is 0.586. The van der Waals surface area contributed by atoms with E-state index in [4.69, 9.17) is 0 Å². The fourth-order valence-electron chi connectivity index (χ4n) is 2.29. The van der Waals surface area contributed by atoms with E-state index in [0.29, 0.717) is 26.4 Å². The van der Waals surface area contributed by atoms with Crippen molar-refractivity contribution < 1.29 is 8.78 Å². The van der Waals surface area contributed by atoms with E-state index in [1.54, 1.807) is 30.3 Å². The minimum atomic E-state index is -0.400. The molecule has 0 bridgehead atoms. The maximum absolute atomic E-state index is 13.7. The van der Waals surface area contributed by atoms with Gasteiger partial charge in [0.2, 0.25) is 4.96 Å². The zero-order valence-electron chi connectivity index (χ0n) is 12.1. The van der Waals surface area contributed by atoms with Crippen LogP contribution in [0.15, 0.2) is 53.3 Å². The first kappa shape index (κ1) is 14.6. The van der Waals surface area contributed by atoms with Crippen molar-refractivity contribution in [2.45, 2.75) is 0 Å². The summed E-state index contributed by atoms with van der Waals surface area (Å²) < 4.78 is 28.2. The summed E-state index contributed by atoms with van der Waals surface area (Å²) in [5, 5.41) is 4.16. The Bertz CT molecular complexity index is 1150. The second kappa shape index (κ2) is 5.61. The van der Waals surface area contributed by atoms with E-state index < -0.39 is 5.82 Å². The molecule has 2 aromatic heterocycles. The Kier molecular flexibility index (Phi) is 3.42. The molecule has 0 unspecified atom stereocenters. The molecule has 24 heavy (non-hydrogen) atoms. The Labute approximate surface area is 138 Å². The third-order valence-electron chi connectivity index (χ3n) is 3.48. The quantitative estimate of drug-likeness (QED) is 0.563. The lowest BCUT2D eigenvalue weighted by Crippen LogP contribution is -2.23. The standard InChI is InChI=1S/C17H9F2N3OS/c18-12-7-5-10(6-8-12)15-20-17-22(21-15)16(23)14(24-17)9-11-3-1-2-4-13(11)19/h1-9H/b14-9-. The predicted octanol–water partition coefficient (Wildman–Crippen LogP) is 2.64. The van der Waals surface area contributed by atoms with Crippen LogP contribution in [0.25, 0.3) is 22.4 Å². The van der Waals surface area contributed by atoms with Gasteiger partial charge in [-0.3, -0.25) is 4.79 Å². The van der Waals surface area contributed by atoms with Crippen molar-refractivity contribution in [3.8, 4) is 11.4 Å². The van der Waals surface area contributed by atoms with Crippen molar-refractivity contribution in [2.75, 3.05) is 0 Å². The maximum Gasteiger partial charge on any atom is 0.291 e. The molecule has 0 aliphatic carbocycles. The van der Waals surface area contributed by atoms with Crippen LogP contribution in [0.2, 0.25) is 0 Å². The lowest BCUT2D eigenvalue weighted by atomic mass is 10.2. The van der Waals surface area contributed by atoms with Crippen LogP contribution in [0, 0.1) is 11.6 Å². The molecule has 0 radical (unpaired) electrons. The number of hydrogen-bond donors (Lipinski definition) is 0. The van der Waals surface area contributed by atoms with Crippen molar-refractivity contribution in [1.29, 1.82) is 0 Å². The molecule has 0 aliphatic rings. The van der Waals surface area contributed by atoms with Crippen molar-refractivity contribution in [3.05, 3.63) is 80.6 Å². The average Bonchev–Trinajstić information content (AvgIpc) is 3.11. The molecule has 2 aromatic carbocycles. The summed E-state index contributed by atoms with van der Waals surface area (Å²) >= 11 is 1.13. The zero-order chi connectivity index (χ0) is 16.7. The third kappa shape index (κ3) is 2.48. The van der Waals surface area contributed by atoms with Crippen LogP contribution in [0.4, 0.5) is 8.78 Å². The number of thiazole rings is 1. The second-order valence-corrected chi connectivity index (χ2v) is 6.08. The Morgan fingerprint density at radius 2 is 1.79 bits per heavy atom. The summed E-state index contributed by atoms with van der Waals surface area (Å²) in [7, 11) is 0. The van der Waals surface area contributed by atoms with Crippen LogP contribution in [-0.4, -0.2) is 14.6 Å². The molecule has 7 heteroatoms. The number of fused-ring (bicyclic) bond motifs is 1. The van der Waals surface area contributed by atoms with Gasteiger partial charge in [-0.05, 0) is 36.4 Å². The van der Waals surface area contributed by atoms with Gasteiger partial charge >= 0.3 is 0 Å². The normalized spacial score (nSPS) is 12.2. The van der Waals surface area contributed by atoms with Gasteiger partial charge in [0.1, 0.15) is 11.6 Å². The van der Waals surface area contributed by atoms with Gasteiger partial charge in [-0.1, -0.05) is 29.5 Å². The van der Waals surface area contributed by atoms with E-state index in [1.807, 2.05) is 0 Å². The number of aromatic nitrogens is 3. The topological polar surface area (TPSA) is 47.3 Å². The summed E-state index contributed by atoms with van der Waals surface area (Å²) in [5.74, 6) is -0.412.